The molecule has 2 fully saturated rings. The van der Waals surface area contributed by atoms with E-state index in [4.69, 9.17) is 0 Å². The lowest BCUT2D eigenvalue weighted by Gasteiger charge is -2.37. The van der Waals surface area contributed by atoms with Crippen LogP contribution < -0.4 is 0 Å². The summed E-state index contributed by atoms with van der Waals surface area (Å²) in [5.74, 6) is 1.05. The average molecular weight is 464 g/mol. The summed E-state index contributed by atoms with van der Waals surface area (Å²) in [5, 5.41) is 0. The predicted molar refractivity (Wildman–Crippen MR) is 132 cm³/mol. The second-order valence-electron chi connectivity index (χ2n) is 10.3. The largest absolute Gasteiger partial charge is 0.212 e. The van der Waals surface area contributed by atoms with Crippen molar-refractivity contribution in [3.8, 4) is 0 Å². The monoisotopic (exact) mass is 463 g/mol. The van der Waals surface area contributed by atoms with Gasteiger partial charge in [-0.2, -0.15) is 0 Å². The van der Waals surface area contributed by atoms with Gasteiger partial charge in [0.2, 0.25) is 0 Å². The van der Waals surface area contributed by atoms with E-state index in [0.29, 0.717) is 0 Å². The van der Waals surface area contributed by atoms with Gasteiger partial charge in [0.15, 0.2) is 5.83 Å². The lowest BCUT2D eigenvalue weighted by molar-refractivity contribution is 0.184. The van der Waals surface area contributed by atoms with Gasteiger partial charge < -0.3 is 0 Å². The molecule has 32 heavy (non-hydrogen) atoms. The highest BCUT2D eigenvalue weighted by atomic mass is 28.3. The molecule has 0 amide bonds. The van der Waals surface area contributed by atoms with Crippen LogP contribution in [-0.2, 0) is 6.42 Å². The summed E-state index contributed by atoms with van der Waals surface area (Å²) in [5.41, 5.74) is 0.578. The molecule has 1 aromatic rings. The second kappa shape index (κ2) is 13.6. The molecular weight excluding hydrogens is 421 g/mol. The molecule has 0 unspecified atom stereocenters. The van der Waals surface area contributed by atoms with Crippen molar-refractivity contribution in [2.75, 3.05) is 0 Å². The van der Waals surface area contributed by atoms with E-state index in [9.17, 15) is 13.2 Å². The van der Waals surface area contributed by atoms with Crippen LogP contribution in [0.3, 0.4) is 0 Å². The van der Waals surface area contributed by atoms with Gasteiger partial charge in [-0.1, -0.05) is 88.9 Å². The van der Waals surface area contributed by atoms with Crippen molar-refractivity contribution in [1.82, 2.24) is 0 Å². The third kappa shape index (κ3) is 7.78. The fourth-order valence-electron chi connectivity index (χ4n) is 6.07. The Morgan fingerprint density at radius 1 is 0.969 bits per heavy atom. The Kier molecular flexibility index (Phi) is 10.9. The maximum atomic E-state index is 13.9. The van der Waals surface area contributed by atoms with Crippen LogP contribution in [0.5, 0.6) is 0 Å². The summed E-state index contributed by atoms with van der Waals surface area (Å²) in [6, 6.07) is 9.14. The van der Waals surface area contributed by atoms with Gasteiger partial charge in [0, 0.05) is 14.4 Å². The fourth-order valence-corrected chi connectivity index (χ4v) is 9.13. The van der Waals surface area contributed by atoms with Crippen molar-refractivity contribution in [2.24, 2.45) is 17.8 Å². The fraction of sp³-hybridized carbons (Fsp3) is 0.714. The maximum absolute atomic E-state index is 13.9. The number of benzene rings is 1. The van der Waals surface area contributed by atoms with E-state index in [1.807, 2.05) is 0 Å². The minimum Gasteiger partial charge on any atom is -0.212 e. The molecule has 0 N–H and O–H groups in total. The standard InChI is InChI=1S/C28H42F3Si/c1-2-3-6-17-32-18-15-25(16-19-32)24-12-9-22(10-13-24)7-4-5-8-23-11-14-26(27(30)20-23)28(31)21-29/h11,14,20-22,24-25H,2-10,12-13,15-19H2,1H3/b28-21-. The second-order valence-corrected chi connectivity index (χ2v) is 13.3. The molecule has 0 bridgehead atoms. The average Bonchev–Trinajstić information content (AvgIpc) is 2.82. The predicted octanol–water partition coefficient (Wildman–Crippen LogP) is 9.68. The van der Waals surface area contributed by atoms with Crippen LogP contribution in [0.1, 0.15) is 95.1 Å². The van der Waals surface area contributed by atoms with E-state index in [-0.39, 0.29) is 20.7 Å². The number of hydrogen-bond acceptors (Lipinski definition) is 0. The molecule has 1 saturated carbocycles. The highest BCUT2D eigenvalue weighted by Gasteiger charge is 2.31. The van der Waals surface area contributed by atoms with Crippen LogP contribution in [0.2, 0.25) is 18.1 Å². The van der Waals surface area contributed by atoms with Crippen molar-refractivity contribution in [1.29, 1.82) is 0 Å². The first-order valence-corrected chi connectivity index (χ1v) is 15.3. The van der Waals surface area contributed by atoms with Crippen molar-refractivity contribution in [2.45, 2.75) is 109 Å². The summed E-state index contributed by atoms with van der Waals surface area (Å²) in [4.78, 5) is 0. The third-order valence-corrected chi connectivity index (χ3v) is 11.2. The highest BCUT2D eigenvalue weighted by Crippen LogP contribution is 2.42. The van der Waals surface area contributed by atoms with Gasteiger partial charge in [-0.3, -0.25) is 0 Å². The summed E-state index contributed by atoms with van der Waals surface area (Å²) in [6.45, 7) is 2.31. The highest BCUT2D eigenvalue weighted by molar-refractivity contribution is 6.58. The van der Waals surface area contributed by atoms with Crippen LogP contribution in [0.4, 0.5) is 13.2 Å². The Hall–Kier alpha value is -1.03. The normalized spacial score (nSPS) is 23.6. The Balaban J connectivity index is 1.29. The summed E-state index contributed by atoms with van der Waals surface area (Å²) in [7, 11) is -0.0109. The summed E-state index contributed by atoms with van der Waals surface area (Å²) >= 11 is 0. The Bertz CT molecular complexity index is 701. The zero-order valence-electron chi connectivity index (χ0n) is 20.0. The lowest BCUT2D eigenvalue weighted by Crippen LogP contribution is -2.28. The van der Waals surface area contributed by atoms with Gasteiger partial charge in [0.05, 0.1) is 0 Å². The molecule has 4 heteroatoms. The zero-order valence-corrected chi connectivity index (χ0v) is 21.0. The smallest absolute Gasteiger partial charge is 0.161 e. The van der Waals surface area contributed by atoms with Crippen LogP contribution in [0.25, 0.3) is 5.83 Å². The van der Waals surface area contributed by atoms with E-state index < -0.39 is 11.6 Å². The maximum Gasteiger partial charge on any atom is 0.161 e. The molecule has 2 aliphatic rings. The molecule has 1 aliphatic heterocycles. The first-order valence-electron chi connectivity index (χ1n) is 13.2. The van der Waals surface area contributed by atoms with Crippen molar-refractivity contribution < 1.29 is 13.2 Å². The van der Waals surface area contributed by atoms with Crippen LogP contribution in [-0.4, -0.2) is 8.80 Å². The van der Waals surface area contributed by atoms with Gasteiger partial charge in [-0.05, 0) is 61.1 Å². The molecular formula is C28H42F3Si. The van der Waals surface area contributed by atoms with Crippen LogP contribution >= 0.6 is 0 Å². The quantitative estimate of drug-likeness (QED) is 0.226. The van der Waals surface area contributed by atoms with E-state index >= 15 is 0 Å². The molecule has 1 heterocycles. The van der Waals surface area contributed by atoms with Gasteiger partial charge in [-0.25, -0.2) is 13.2 Å². The van der Waals surface area contributed by atoms with E-state index in [1.54, 1.807) is 24.2 Å². The van der Waals surface area contributed by atoms with Crippen molar-refractivity contribution in [3.63, 3.8) is 0 Å². The van der Waals surface area contributed by atoms with E-state index in [0.717, 1.165) is 36.2 Å². The van der Waals surface area contributed by atoms with Crippen LogP contribution in [0, 0.1) is 23.6 Å². The first kappa shape index (κ1) is 25.6. The third-order valence-electron chi connectivity index (χ3n) is 8.14. The molecule has 1 aliphatic carbocycles. The lowest BCUT2D eigenvalue weighted by atomic mass is 9.73. The summed E-state index contributed by atoms with van der Waals surface area (Å²) < 4.78 is 39.4. The van der Waals surface area contributed by atoms with Gasteiger partial charge >= 0.3 is 0 Å². The van der Waals surface area contributed by atoms with Crippen molar-refractivity contribution in [3.05, 3.63) is 41.5 Å². The Morgan fingerprint density at radius 3 is 2.34 bits per heavy atom. The topological polar surface area (TPSA) is 0 Å². The molecule has 3 rings (SSSR count). The van der Waals surface area contributed by atoms with Gasteiger partial charge in [0.1, 0.15) is 12.1 Å². The number of hydrogen-bond donors (Lipinski definition) is 0. The van der Waals surface area contributed by atoms with Crippen LogP contribution in [0.15, 0.2) is 24.5 Å². The van der Waals surface area contributed by atoms with Crippen molar-refractivity contribution >= 4 is 14.6 Å². The number of unbranched alkanes of at least 4 members (excludes halogenated alkanes) is 3. The van der Waals surface area contributed by atoms with Gasteiger partial charge in [0.25, 0.3) is 0 Å². The number of aryl methyl sites for hydroxylation is 1. The molecule has 0 spiro atoms. The van der Waals surface area contributed by atoms with Gasteiger partial charge in [-0.15, -0.1) is 0 Å². The molecule has 0 aromatic heterocycles. The molecule has 0 atom stereocenters. The zero-order chi connectivity index (χ0) is 22.8. The Morgan fingerprint density at radius 2 is 1.69 bits per heavy atom. The molecule has 1 radical (unpaired) electrons. The van der Waals surface area contributed by atoms with E-state index in [1.165, 1.54) is 82.8 Å². The number of halogens is 3. The summed E-state index contributed by atoms with van der Waals surface area (Å²) in [6.07, 6.45) is 17.1. The number of rotatable bonds is 11. The molecule has 1 saturated heterocycles. The molecule has 179 valence electrons. The molecule has 0 nitrogen and oxygen atoms in total. The molecule has 1 aromatic carbocycles. The minimum absolute atomic E-state index is 0.0109. The van der Waals surface area contributed by atoms with E-state index in [2.05, 4.69) is 6.92 Å². The SMILES string of the molecule is CCCCC[Si]1CCC(C2CCC(CCCCc3ccc(/C(F)=C/F)c(F)c3)CC2)CC1. The Labute approximate surface area is 195 Å². The minimum atomic E-state index is -1.15. The first-order chi connectivity index (χ1) is 15.6.